The summed E-state index contributed by atoms with van der Waals surface area (Å²) in [6.45, 7) is 5.28. The molecule has 0 aromatic rings. The molecule has 1 aliphatic rings. The SMILES string of the molecule is CCOC(=O)[C@@]1(CC)CCCN1. The smallest absolute Gasteiger partial charge is 0.326 e. The molecule has 1 rings (SSSR count). The zero-order valence-electron chi connectivity index (χ0n) is 7.85. The van der Waals surface area contributed by atoms with Crippen LogP contribution in [0.25, 0.3) is 0 Å². The standard InChI is InChI=1S/C9H17NO2/c1-3-9(6-5-7-10-9)8(11)12-4-2/h10H,3-7H2,1-2H3/t9-/m1/s1. The van der Waals surface area contributed by atoms with Gasteiger partial charge in [-0.25, -0.2) is 0 Å². The molecule has 1 atom stereocenters. The summed E-state index contributed by atoms with van der Waals surface area (Å²) in [5, 5.41) is 3.23. The molecule has 12 heavy (non-hydrogen) atoms. The summed E-state index contributed by atoms with van der Waals surface area (Å²) < 4.78 is 5.02. The summed E-state index contributed by atoms with van der Waals surface area (Å²) in [6, 6.07) is 0. The number of ether oxygens (including phenoxy) is 1. The van der Waals surface area contributed by atoms with E-state index in [1.807, 2.05) is 13.8 Å². The van der Waals surface area contributed by atoms with Crippen LogP contribution in [0.3, 0.4) is 0 Å². The van der Waals surface area contributed by atoms with Gasteiger partial charge in [-0.3, -0.25) is 4.79 Å². The molecule has 0 amide bonds. The lowest BCUT2D eigenvalue weighted by atomic mass is 9.94. The van der Waals surface area contributed by atoms with E-state index in [2.05, 4.69) is 5.32 Å². The molecule has 0 spiro atoms. The van der Waals surface area contributed by atoms with Gasteiger partial charge < -0.3 is 10.1 Å². The van der Waals surface area contributed by atoms with E-state index in [1.54, 1.807) is 0 Å². The van der Waals surface area contributed by atoms with Gasteiger partial charge in [0.05, 0.1) is 6.61 Å². The summed E-state index contributed by atoms with van der Waals surface area (Å²) in [6.07, 6.45) is 2.82. The number of hydrogen-bond donors (Lipinski definition) is 1. The minimum Gasteiger partial charge on any atom is -0.465 e. The molecule has 70 valence electrons. The van der Waals surface area contributed by atoms with Crippen LogP contribution in [0.5, 0.6) is 0 Å². The van der Waals surface area contributed by atoms with Crippen LogP contribution in [0.4, 0.5) is 0 Å². The second kappa shape index (κ2) is 3.90. The van der Waals surface area contributed by atoms with Crippen molar-refractivity contribution in [2.45, 2.75) is 38.6 Å². The monoisotopic (exact) mass is 171 g/mol. The zero-order valence-corrected chi connectivity index (χ0v) is 7.85. The lowest BCUT2D eigenvalue weighted by Crippen LogP contribution is -2.48. The molecule has 1 N–H and O–H groups in total. The van der Waals surface area contributed by atoms with E-state index < -0.39 is 0 Å². The fourth-order valence-corrected chi connectivity index (χ4v) is 1.70. The maximum atomic E-state index is 11.5. The fraction of sp³-hybridized carbons (Fsp3) is 0.889. The van der Waals surface area contributed by atoms with Crippen molar-refractivity contribution in [1.29, 1.82) is 0 Å². The number of hydrogen-bond acceptors (Lipinski definition) is 3. The Morgan fingerprint density at radius 2 is 2.33 bits per heavy atom. The van der Waals surface area contributed by atoms with Crippen molar-refractivity contribution in [1.82, 2.24) is 5.32 Å². The number of rotatable bonds is 3. The maximum Gasteiger partial charge on any atom is 0.326 e. The quantitative estimate of drug-likeness (QED) is 0.646. The highest BCUT2D eigenvalue weighted by Crippen LogP contribution is 2.24. The van der Waals surface area contributed by atoms with Crippen molar-refractivity contribution in [3.63, 3.8) is 0 Å². The van der Waals surface area contributed by atoms with Gasteiger partial charge in [0.15, 0.2) is 0 Å². The van der Waals surface area contributed by atoms with E-state index in [0.717, 1.165) is 25.8 Å². The van der Waals surface area contributed by atoms with Crippen LogP contribution in [0.15, 0.2) is 0 Å². The molecule has 0 saturated carbocycles. The second-order valence-electron chi connectivity index (χ2n) is 3.19. The van der Waals surface area contributed by atoms with Crippen LogP contribution in [0, 0.1) is 0 Å². The Balaban J connectivity index is 2.59. The molecule has 1 heterocycles. The van der Waals surface area contributed by atoms with Crippen molar-refractivity contribution in [3.05, 3.63) is 0 Å². The third kappa shape index (κ3) is 1.61. The number of carbonyl (C=O) groups is 1. The summed E-state index contributed by atoms with van der Waals surface area (Å²) >= 11 is 0. The Bertz CT molecular complexity index is 162. The molecule has 0 radical (unpaired) electrons. The summed E-state index contributed by atoms with van der Waals surface area (Å²) in [5.41, 5.74) is -0.365. The van der Waals surface area contributed by atoms with E-state index >= 15 is 0 Å². The van der Waals surface area contributed by atoms with Gasteiger partial charge in [0.25, 0.3) is 0 Å². The fourth-order valence-electron chi connectivity index (χ4n) is 1.70. The highest BCUT2D eigenvalue weighted by atomic mass is 16.5. The van der Waals surface area contributed by atoms with E-state index in [9.17, 15) is 4.79 Å². The van der Waals surface area contributed by atoms with Crippen LogP contribution in [-0.2, 0) is 9.53 Å². The Kier molecular flexibility index (Phi) is 3.09. The summed E-state index contributed by atoms with van der Waals surface area (Å²) in [7, 11) is 0. The topological polar surface area (TPSA) is 38.3 Å². The highest BCUT2D eigenvalue weighted by Gasteiger charge is 2.40. The predicted molar refractivity (Wildman–Crippen MR) is 46.9 cm³/mol. The maximum absolute atomic E-state index is 11.5. The first-order valence-electron chi connectivity index (χ1n) is 4.67. The van der Waals surface area contributed by atoms with Crippen molar-refractivity contribution in [2.75, 3.05) is 13.2 Å². The predicted octanol–water partition coefficient (Wildman–Crippen LogP) is 1.08. The van der Waals surface area contributed by atoms with Gasteiger partial charge in [0.1, 0.15) is 5.54 Å². The first-order valence-corrected chi connectivity index (χ1v) is 4.67. The summed E-state index contributed by atoms with van der Waals surface area (Å²) in [4.78, 5) is 11.5. The molecule has 1 aliphatic heterocycles. The molecule has 1 saturated heterocycles. The van der Waals surface area contributed by atoms with E-state index in [1.165, 1.54) is 0 Å². The largest absolute Gasteiger partial charge is 0.465 e. The molecule has 3 heteroatoms. The third-order valence-electron chi connectivity index (χ3n) is 2.51. The number of esters is 1. The molecule has 0 aliphatic carbocycles. The van der Waals surface area contributed by atoms with Crippen molar-refractivity contribution in [2.24, 2.45) is 0 Å². The van der Waals surface area contributed by atoms with Gasteiger partial charge in [-0.05, 0) is 32.7 Å². The van der Waals surface area contributed by atoms with E-state index in [-0.39, 0.29) is 11.5 Å². The molecule has 3 nitrogen and oxygen atoms in total. The molecule has 1 fully saturated rings. The molecule has 0 unspecified atom stereocenters. The van der Waals surface area contributed by atoms with Crippen molar-refractivity contribution < 1.29 is 9.53 Å². The van der Waals surface area contributed by atoms with Gasteiger partial charge in [0, 0.05) is 0 Å². The minimum atomic E-state index is -0.365. The van der Waals surface area contributed by atoms with Gasteiger partial charge in [-0.1, -0.05) is 6.92 Å². The normalized spacial score (nSPS) is 28.8. The Hall–Kier alpha value is -0.570. The first-order chi connectivity index (χ1) is 5.75. The average Bonchev–Trinajstić information content (AvgIpc) is 2.54. The van der Waals surface area contributed by atoms with Gasteiger partial charge in [-0.2, -0.15) is 0 Å². The van der Waals surface area contributed by atoms with Gasteiger partial charge >= 0.3 is 5.97 Å². The minimum absolute atomic E-state index is 0.0787. The number of nitrogens with one attached hydrogen (secondary N) is 1. The zero-order chi connectivity index (χ0) is 9.03. The molecular formula is C9H17NO2. The highest BCUT2D eigenvalue weighted by molar-refractivity contribution is 5.81. The Labute approximate surface area is 73.5 Å². The van der Waals surface area contributed by atoms with Crippen molar-refractivity contribution in [3.8, 4) is 0 Å². The van der Waals surface area contributed by atoms with Crippen LogP contribution >= 0.6 is 0 Å². The van der Waals surface area contributed by atoms with E-state index in [4.69, 9.17) is 4.74 Å². The Morgan fingerprint density at radius 1 is 1.58 bits per heavy atom. The van der Waals surface area contributed by atoms with Crippen LogP contribution in [-0.4, -0.2) is 24.7 Å². The lowest BCUT2D eigenvalue weighted by Gasteiger charge is -2.24. The molecular weight excluding hydrogens is 154 g/mol. The van der Waals surface area contributed by atoms with Crippen LogP contribution in [0.2, 0.25) is 0 Å². The molecule has 0 bridgehead atoms. The lowest BCUT2D eigenvalue weighted by molar-refractivity contribution is -0.150. The molecule has 0 aromatic heterocycles. The Morgan fingerprint density at radius 3 is 2.75 bits per heavy atom. The van der Waals surface area contributed by atoms with Crippen LogP contribution in [0.1, 0.15) is 33.1 Å². The first kappa shape index (κ1) is 9.52. The molecule has 0 aromatic carbocycles. The van der Waals surface area contributed by atoms with Gasteiger partial charge in [0.2, 0.25) is 0 Å². The van der Waals surface area contributed by atoms with Crippen LogP contribution < -0.4 is 5.32 Å². The van der Waals surface area contributed by atoms with Crippen molar-refractivity contribution >= 4 is 5.97 Å². The average molecular weight is 171 g/mol. The van der Waals surface area contributed by atoms with E-state index in [0.29, 0.717) is 6.61 Å². The second-order valence-corrected chi connectivity index (χ2v) is 3.19. The van der Waals surface area contributed by atoms with Gasteiger partial charge in [-0.15, -0.1) is 0 Å². The number of carbonyl (C=O) groups excluding carboxylic acids is 1. The third-order valence-corrected chi connectivity index (χ3v) is 2.51. The summed E-state index contributed by atoms with van der Waals surface area (Å²) in [5.74, 6) is -0.0787.